The SMILES string of the molecule is Cc1nc2cc(Br)cc(C=O)c2n1C. The van der Waals surface area contributed by atoms with Crippen molar-refractivity contribution < 1.29 is 4.79 Å². The quantitative estimate of drug-likeness (QED) is 0.731. The fourth-order valence-corrected chi connectivity index (χ4v) is 2.02. The number of halogens is 1. The summed E-state index contributed by atoms with van der Waals surface area (Å²) in [5.41, 5.74) is 2.40. The number of imidazole rings is 1. The Balaban J connectivity index is 2.95. The standard InChI is InChI=1S/C10H9BrN2O/c1-6-12-9-4-8(11)3-7(5-14)10(9)13(6)2/h3-5H,1-2H3. The molecule has 4 heteroatoms. The van der Waals surface area contributed by atoms with Gasteiger partial charge in [0.1, 0.15) is 5.82 Å². The van der Waals surface area contributed by atoms with E-state index in [4.69, 9.17) is 0 Å². The van der Waals surface area contributed by atoms with Crippen molar-refractivity contribution in [2.45, 2.75) is 6.92 Å². The molecule has 2 rings (SSSR count). The zero-order valence-electron chi connectivity index (χ0n) is 7.91. The van der Waals surface area contributed by atoms with E-state index in [-0.39, 0.29) is 0 Å². The van der Waals surface area contributed by atoms with Gasteiger partial charge in [-0.2, -0.15) is 0 Å². The van der Waals surface area contributed by atoms with Gasteiger partial charge in [-0.25, -0.2) is 4.98 Å². The van der Waals surface area contributed by atoms with Gasteiger partial charge in [-0.3, -0.25) is 4.79 Å². The topological polar surface area (TPSA) is 34.9 Å². The summed E-state index contributed by atoms with van der Waals surface area (Å²) in [6, 6.07) is 3.71. The fourth-order valence-electron chi connectivity index (χ4n) is 1.56. The Kier molecular flexibility index (Phi) is 2.15. The highest BCUT2D eigenvalue weighted by atomic mass is 79.9. The number of aromatic nitrogens is 2. The first-order chi connectivity index (χ1) is 6.63. The Morgan fingerprint density at radius 2 is 2.21 bits per heavy atom. The van der Waals surface area contributed by atoms with Crippen LogP contribution in [0.5, 0.6) is 0 Å². The molecule has 0 fully saturated rings. The summed E-state index contributed by atoms with van der Waals surface area (Å²) in [4.78, 5) is 15.2. The van der Waals surface area contributed by atoms with E-state index >= 15 is 0 Å². The zero-order chi connectivity index (χ0) is 10.3. The lowest BCUT2D eigenvalue weighted by Gasteiger charge is -2.00. The van der Waals surface area contributed by atoms with Crippen LogP contribution in [-0.2, 0) is 7.05 Å². The number of hydrogen-bond donors (Lipinski definition) is 0. The number of fused-ring (bicyclic) bond motifs is 1. The predicted octanol–water partition coefficient (Wildman–Crippen LogP) is 2.46. The van der Waals surface area contributed by atoms with Gasteiger partial charge in [-0.1, -0.05) is 15.9 Å². The number of rotatable bonds is 1. The van der Waals surface area contributed by atoms with Crippen molar-refractivity contribution in [2.24, 2.45) is 7.05 Å². The normalized spacial score (nSPS) is 10.8. The molecule has 3 nitrogen and oxygen atoms in total. The van der Waals surface area contributed by atoms with Gasteiger partial charge in [-0.05, 0) is 19.1 Å². The van der Waals surface area contributed by atoms with E-state index in [9.17, 15) is 4.79 Å². The molecule has 1 aromatic heterocycles. The molecule has 2 aromatic rings. The van der Waals surface area contributed by atoms with E-state index in [0.717, 1.165) is 27.6 Å². The Labute approximate surface area is 89.9 Å². The van der Waals surface area contributed by atoms with Crippen molar-refractivity contribution in [3.8, 4) is 0 Å². The molecule has 0 aliphatic carbocycles. The van der Waals surface area contributed by atoms with Gasteiger partial charge in [0.05, 0.1) is 11.0 Å². The van der Waals surface area contributed by atoms with Gasteiger partial charge in [0.25, 0.3) is 0 Å². The molecular weight excluding hydrogens is 244 g/mol. The number of aryl methyl sites for hydroxylation is 2. The Hall–Kier alpha value is -1.16. The Bertz CT molecular complexity index is 516. The van der Waals surface area contributed by atoms with Gasteiger partial charge < -0.3 is 4.57 Å². The van der Waals surface area contributed by atoms with Crippen LogP contribution in [0.2, 0.25) is 0 Å². The first kappa shape index (κ1) is 9.40. The highest BCUT2D eigenvalue weighted by Crippen LogP contribution is 2.23. The van der Waals surface area contributed by atoms with Gasteiger partial charge >= 0.3 is 0 Å². The van der Waals surface area contributed by atoms with Crippen molar-refractivity contribution in [3.05, 3.63) is 28.0 Å². The van der Waals surface area contributed by atoms with E-state index in [1.165, 1.54) is 0 Å². The van der Waals surface area contributed by atoms with Crippen molar-refractivity contribution in [1.82, 2.24) is 9.55 Å². The summed E-state index contributed by atoms with van der Waals surface area (Å²) in [6.07, 6.45) is 0.855. The summed E-state index contributed by atoms with van der Waals surface area (Å²) >= 11 is 3.35. The zero-order valence-corrected chi connectivity index (χ0v) is 9.50. The van der Waals surface area contributed by atoms with Gasteiger partial charge in [0.2, 0.25) is 0 Å². The Morgan fingerprint density at radius 1 is 1.50 bits per heavy atom. The minimum atomic E-state index is 0.664. The maximum Gasteiger partial charge on any atom is 0.152 e. The number of carbonyl (C=O) groups is 1. The van der Waals surface area contributed by atoms with Crippen molar-refractivity contribution in [3.63, 3.8) is 0 Å². The highest BCUT2D eigenvalue weighted by Gasteiger charge is 2.09. The second-order valence-corrected chi connectivity index (χ2v) is 4.11. The van der Waals surface area contributed by atoms with Crippen LogP contribution in [0.1, 0.15) is 16.2 Å². The summed E-state index contributed by atoms with van der Waals surface area (Å²) in [5, 5.41) is 0. The summed E-state index contributed by atoms with van der Waals surface area (Å²) in [7, 11) is 1.91. The molecule has 0 unspecified atom stereocenters. The third-order valence-corrected chi connectivity index (χ3v) is 2.77. The summed E-state index contributed by atoms with van der Waals surface area (Å²) < 4.78 is 2.80. The third kappa shape index (κ3) is 1.26. The van der Waals surface area contributed by atoms with Crippen LogP contribution in [0.4, 0.5) is 0 Å². The average molecular weight is 253 g/mol. The van der Waals surface area contributed by atoms with Crippen LogP contribution in [0.15, 0.2) is 16.6 Å². The minimum absolute atomic E-state index is 0.664. The summed E-state index contributed by atoms with van der Waals surface area (Å²) in [6.45, 7) is 1.92. The number of aldehydes is 1. The molecule has 0 aliphatic rings. The number of carbonyl (C=O) groups excluding carboxylic acids is 1. The third-order valence-electron chi connectivity index (χ3n) is 2.31. The van der Waals surface area contributed by atoms with Crippen LogP contribution in [0.25, 0.3) is 11.0 Å². The lowest BCUT2D eigenvalue weighted by Crippen LogP contribution is -1.93. The van der Waals surface area contributed by atoms with Crippen LogP contribution >= 0.6 is 15.9 Å². The molecule has 14 heavy (non-hydrogen) atoms. The van der Waals surface area contributed by atoms with Crippen LogP contribution in [0.3, 0.4) is 0 Å². The molecule has 0 amide bonds. The smallest absolute Gasteiger partial charge is 0.152 e. The number of benzene rings is 1. The lowest BCUT2D eigenvalue weighted by molar-refractivity contribution is 0.112. The second kappa shape index (κ2) is 3.20. The van der Waals surface area contributed by atoms with E-state index in [2.05, 4.69) is 20.9 Å². The second-order valence-electron chi connectivity index (χ2n) is 3.20. The number of nitrogens with zero attached hydrogens (tertiary/aromatic N) is 2. The molecule has 0 radical (unpaired) electrons. The molecule has 0 spiro atoms. The van der Waals surface area contributed by atoms with Crippen LogP contribution in [-0.4, -0.2) is 15.8 Å². The Morgan fingerprint density at radius 3 is 2.86 bits per heavy atom. The van der Waals surface area contributed by atoms with E-state index in [1.54, 1.807) is 6.07 Å². The van der Waals surface area contributed by atoms with Gasteiger partial charge in [0, 0.05) is 17.1 Å². The average Bonchev–Trinajstić information content (AvgIpc) is 2.41. The molecule has 0 atom stereocenters. The molecule has 1 heterocycles. The fraction of sp³-hybridized carbons (Fsp3) is 0.200. The van der Waals surface area contributed by atoms with Crippen LogP contribution in [0, 0.1) is 6.92 Å². The van der Waals surface area contributed by atoms with Gasteiger partial charge in [0.15, 0.2) is 6.29 Å². The number of hydrogen-bond acceptors (Lipinski definition) is 2. The molecule has 0 saturated heterocycles. The van der Waals surface area contributed by atoms with E-state index in [1.807, 2.05) is 24.6 Å². The molecule has 0 bridgehead atoms. The molecule has 0 saturated carbocycles. The molecule has 1 aromatic carbocycles. The minimum Gasteiger partial charge on any atom is -0.331 e. The van der Waals surface area contributed by atoms with Crippen molar-refractivity contribution in [2.75, 3.05) is 0 Å². The monoisotopic (exact) mass is 252 g/mol. The molecule has 0 N–H and O–H groups in total. The van der Waals surface area contributed by atoms with Crippen molar-refractivity contribution in [1.29, 1.82) is 0 Å². The molecule has 72 valence electrons. The largest absolute Gasteiger partial charge is 0.331 e. The maximum atomic E-state index is 10.9. The summed E-state index contributed by atoms with van der Waals surface area (Å²) in [5.74, 6) is 0.904. The van der Waals surface area contributed by atoms with E-state index in [0.29, 0.717) is 5.56 Å². The van der Waals surface area contributed by atoms with Gasteiger partial charge in [-0.15, -0.1) is 0 Å². The molecule has 0 aliphatic heterocycles. The molecular formula is C10H9BrN2O. The first-order valence-electron chi connectivity index (χ1n) is 4.21. The highest BCUT2D eigenvalue weighted by molar-refractivity contribution is 9.10. The predicted molar refractivity (Wildman–Crippen MR) is 58.5 cm³/mol. The van der Waals surface area contributed by atoms with Crippen LogP contribution < -0.4 is 0 Å². The van der Waals surface area contributed by atoms with E-state index < -0.39 is 0 Å². The maximum absolute atomic E-state index is 10.9. The first-order valence-corrected chi connectivity index (χ1v) is 5.00. The van der Waals surface area contributed by atoms with Crippen molar-refractivity contribution >= 4 is 33.2 Å². The lowest BCUT2D eigenvalue weighted by atomic mass is 10.2.